The van der Waals surface area contributed by atoms with Crippen LogP contribution < -0.4 is 20.5 Å². The molecular formula is C26H33N5O3. The second-order valence-electron chi connectivity index (χ2n) is 8.49. The lowest BCUT2D eigenvalue weighted by Gasteiger charge is -2.23. The zero-order valence-electron chi connectivity index (χ0n) is 20.5. The molecule has 1 fully saturated rings. The lowest BCUT2D eigenvalue weighted by Crippen LogP contribution is -2.38. The van der Waals surface area contributed by atoms with Crippen molar-refractivity contribution in [3.8, 4) is 17.1 Å². The van der Waals surface area contributed by atoms with Crippen LogP contribution in [-0.2, 0) is 18.2 Å². The van der Waals surface area contributed by atoms with E-state index in [1.165, 1.54) is 0 Å². The Morgan fingerprint density at radius 2 is 2.00 bits per heavy atom. The van der Waals surface area contributed by atoms with E-state index in [9.17, 15) is 4.79 Å². The molecule has 0 spiro atoms. The molecule has 0 amide bonds. The highest BCUT2D eigenvalue weighted by atomic mass is 16.5. The van der Waals surface area contributed by atoms with Crippen LogP contribution in [0.4, 0.5) is 11.5 Å². The summed E-state index contributed by atoms with van der Waals surface area (Å²) < 4.78 is 13.0. The van der Waals surface area contributed by atoms with Crippen molar-refractivity contribution >= 4 is 11.5 Å². The maximum absolute atomic E-state index is 13.5. The lowest BCUT2D eigenvalue weighted by molar-refractivity contribution is 0.0719. The van der Waals surface area contributed by atoms with Gasteiger partial charge in [0.15, 0.2) is 0 Å². The Morgan fingerprint density at radius 1 is 1.18 bits per heavy atom. The van der Waals surface area contributed by atoms with E-state index in [1.54, 1.807) is 24.9 Å². The summed E-state index contributed by atoms with van der Waals surface area (Å²) in [7, 11) is 3.42. The van der Waals surface area contributed by atoms with Gasteiger partial charge >= 0.3 is 0 Å². The number of benzene rings is 1. The van der Waals surface area contributed by atoms with Gasteiger partial charge in [0.05, 0.1) is 24.9 Å². The molecule has 0 unspecified atom stereocenters. The fourth-order valence-corrected chi connectivity index (χ4v) is 4.51. The number of anilines is 2. The minimum absolute atomic E-state index is 0.0599. The Balaban J connectivity index is 1.68. The SMILES string of the molecule is CCO[C@H]1CN(c2ccccn2)C[C@H]1Nc1c(CC)nc(-c2ccc(OC)cc2C)n(C)c1=O. The zero-order chi connectivity index (χ0) is 24.2. The van der Waals surface area contributed by atoms with Crippen molar-refractivity contribution in [2.45, 2.75) is 39.3 Å². The predicted octanol–water partition coefficient (Wildman–Crippen LogP) is 3.43. The smallest absolute Gasteiger partial charge is 0.277 e. The molecule has 8 heteroatoms. The number of methoxy groups -OCH3 is 1. The highest BCUT2D eigenvalue weighted by Crippen LogP contribution is 2.27. The topological polar surface area (TPSA) is 81.5 Å². The van der Waals surface area contributed by atoms with E-state index >= 15 is 0 Å². The molecule has 1 aliphatic rings. The molecule has 0 aliphatic carbocycles. The molecular weight excluding hydrogens is 430 g/mol. The third kappa shape index (κ3) is 4.63. The summed E-state index contributed by atoms with van der Waals surface area (Å²) in [4.78, 5) is 25.1. The van der Waals surface area contributed by atoms with Crippen LogP contribution in [-0.4, -0.2) is 53.5 Å². The number of hydrogen-bond donors (Lipinski definition) is 1. The van der Waals surface area contributed by atoms with Crippen molar-refractivity contribution < 1.29 is 9.47 Å². The third-order valence-corrected chi connectivity index (χ3v) is 6.32. The van der Waals surface area contributed by atoms with Crippen molar-refractivity contribution in [1.82, 2.24) is 14.5 Å². The molecule has 180 valence electrons. The molecule has 1 N–H and O–H groups in total. The van der Waals surface area contributed by atoms with Crippen LogP contribution in [0, 0.1) is 6.92 Å². The number of pyridine rings is 1. The molecule has 0 saturated carbocycles. The molecule has 1 aliphatic heterocycles. The van der Waals surface area contributed by atoms with E-state index in [-0.39, 0.29) is 17.7 Å². The number of rotatable bonds is 8. The van der Waals surface area contributed by atoms with Gasteiger partial charge in [-0.05, 0) is 56.2 Å². The molecule has 0 radical (unpaired) electrons. The van der Waals surface area contributed by atoms with Crippen LogP contribution in [0.1, 0.15) is 25.1 Å². The summed E-state index contributed by atoms with van der Waals surface area (Å²) in [6.45, 7) is 8.01. The Kier molecular flexibility index (Phi) is 7.17. The molecule has 1 aromatic carbocycles. The second kappa shape index (κ2) is 10.3. The third-order valence-electron chi connectivity index (χ3n) is 6.32. The summed E-state index contributed by atoms with van der Waals surface area (Å²) in [5.41, 5.74) is 3.11. The highest BCUT2D eigenvalue weighted by molar-refractivity contribution is 5.64. The number of nitrogens with zero attached hydrogens (tertiary/aromatic N) is 4. The van der Waals surface area contributed by atoms with Gasteiger partial charge in [0.2, 0.25) is 0 Å². The first kappa shape index (κ1) is 23.8. The van der Waals surface area contributed by atoms with Gasteiger partial charge in [0.1, 0.15) is 23.1 Å². The van der Waals surface area contributed by atoms with E-state index in [1.807, 2.05) is 57.2 Å². The fourth-order valence-electron chi connectivity index (χ4n) is 4.51. The molecule has 3 heterocycles. The van der Waals surface area contributed by atoms with Crippen molar-refractivity contribution in [2.75, 3.05) is 37.0 Å². The maximum atomic E-state index is 13.5. The normalized spacial score (nSPS) is 17.7. The number of aryl methyl sites for hydroxylation is 2. The second-order valence-corrected chi connectivity index (χ2v) is 8.49. The van der Waals surface area contributed by atoms with Crippen LogP contribution >= 0.6 is 0 Å². The van der Waals surface area contributed by atoms with Crippen molar-refractivity contribution in [2.24, 2.45) is 7.05 Å². The lowest BCUT2D eigenvalue weighted by atomic mass is 10.1. The van der Waals surface area contributed by atoms with E-state index < -0.39 is 0 Å². The summed E-state index contributed by atoms with van der Waals surface area (Å²) in [6.07, 6.45) is 2.36. The molecule has 1 saturated heterocycles. The van der Waals surface area contributed by atoms with Crippen molar-refractivity contribution in [3.63, 3.8) is 0 Å². The monoisotopic (exact) mass is 463 g/mol. The fraction of sp³-hybridized carbons (Fsp3) is 0.423. The van der Waals surface area contributed by atoms with Crippen LogP contribution in [0.2, 0.25) is 0 Å². The molecule has 34 heavy (non-hydrogen) atoms. The molecule has 0 bridgehead atoms. The van der Waals surface area contributed by atoms with Crippen LogP contribution in [0.3, 0.4) is 0 Å². The van der Waals surface area contributed by atoms with Gasteiger partial charge in [-0.3, -0.25) is 9.36 Å². The largest absolute Gasteiger partial charge is 0.497 e. The average molecular weight is 464 g/mol. The van der Waals surface area contributed by atoms with E-state index in [2.05, 4.69) is 15.2 Å². The Morgan fingerprint density at radius 3 is 2.65 bits per heavy atom. The number of ether oxygens (including phenoxy) is 2. The van der Waals surface area contributed by atoms with Gasteiger partial charge in [-0.2, -0.15) is 0 Å². The van der Waals surface area contributed by atoms with Gasteiger partial charge in [0.25, 0.3) is 5.56 Å². The molecule has 3 aromatic rings. The van der Waals surface area contributed by atoms with Gasteiger partial charge in [-0.1, -0.05) is 13.0 Å². The van der Waals surface area contributed by atoms with Crippen molar-refractivity contribution in [1.29, 1.82) is 0 Å². The Bertz CT molecular complexity index is 1200. The first-order valence-corrected chi connectivity index (χ1v) is 11.8. The van der Waals surface area contributed by atoms with E-state index in [0.29, 0.717) is 37.6 Å². The summed E-state index contributed by atoms with van der Waals surface area (Å²) in [5, 5.41) is 3.51. The van der Waals surface area contributed by atoms with Gasteiger partial charge < -0.3 is 19.7 Å². The Hall–Kier alpha value is -3.39. The Labute approximate surface area is 200 Å². The average Bonchev–Trinajstić information content (AvgIpc) is 3.25. The van der Waals surface area contributed by atoms with Gasteiger partial charge in [0, 0.05) is 38.5 Å². The first-order valence-electron chi connectivity index (χ1n) is 11.8. The van der Waals surface area contributed by atoms with E-state index in [4.69, 9.17) is 14.5 Å². The first-order chi connectivity index (χ1) is 16.5. The van der Waals surface area contributed by atoms with E-state index in [0.717, 1.165) is 28.4 Å². The van der Waals surface area contributed by atoms with Gasteiger partial charge in [-0.15, -0.1) is 0 Å². The van der Waals surface area contributed by atoms with Crippen LogP contribution in [0.25, 0.3) is 11.4 Å². The summed E-state index contributed by atoms with van der Waals surface area (Å²) >= 11 is 0. The minimum Gasteiger partial charge on any atom is -0.497 e. The quantitative estimate of drug-likeness (QED) is 0.548. The summed E-state index contributed by atoms with van der Waals surface area (Å²) in [6, 6.07) is 11.6. The van der Waals surface area contributed by atoms with Crippen LogP contribution in [0.15, 0.2) is 47.4 Å². The maximum Gasteiger partial charge on any atom is 0.277 e. The van der Waals surface area contributed by atoms with Crippen molar-refractivity contribution in [3.05, 3.63) is 64.2 Å². The molecule has 2 aromatic heterocycles. The summed E-state index contributed by atoms with van der Waals surface area (Å²) in [5.74, 6) is 2.33. The minimum atomic E-state index is -0.0939. The molecule has 8 nitrogen and oxygen atoms in total. The molecule has 2 atom stereocenters. The number of hydrogen-bond acceptors (Lipinski definition) is 7. The predicted molar refractivity (Wildman–Crippen MR) is 135 cm³/mol. The van der Waals surface area contributed by atoms with Gasteiger partial charge in [-0.25, -0.2) is 9.97 Å². The standard InChI is InChI=1S/C26H33N5O3/c1-6-20-24(26(32)30(4)25(29-20)19-12-11-18(33-5)14-17(19)3)28-21-15-31(16-22(21)34-7-2)23-10-8-9-13-27-23/h8-14,21-22,28H,6-7,15-16H2,1-5H3/t21-,22+/m1/s1. The zero-order valence-corrected chi connectivity index (χ0v) is 20.5. The van der Waals surface area contributed by atoms with Crippen LogP contribution in [0.5, 0.6) is 5.75 Å². The highest BCUT2D eigenvalue weighted by Gasteiger charge is 2.35. The molecule has 4 rings (SSSR count). The number of nitrogens with one attached hydrogen (secondary N) is 1. The number of aromatic nitrogens is 3.